The Morgan fingerprint density at radius 2 is 2.15 bits per heavy atom. The third-order valence-corrected chi connectivity index (χ3v) is 4.06. The number of pyridine rings is 1. The molecule has 5 heteroatoms. The minimum absolute atomic E-state index is 0.226. The molecule has 0 unspecified atom stereocenters. The first-order valence-electron chi connectivity index (χ1n) is 6.74. The molecule has 1 aromatic carbocycles. The normalized spacial score (nSPS) is 11.1. The standard InChI is InChI=1S/C15H19FN2OS/c16-14-5-4-12(15-13(14)3-1-6-18-15)11-17-7-10-20-9-2-8-19/h1,3-6,17,19H,2,7-11H2. The summed E-state index contributed by atoms with van der Waals surface area (Å²) in [5, 5.41) is 12.6. The quantitative estimate of drug-likeness (QED) is 0.735. The van der Waals surface area contributed by atoms with Crippen LogP contribution in [0, 0.1) is 5.82 Å². The highest BCUT2D eigenvalue weighted by Crippen LogP contribution is 2.19. The van der Waals surface area contributed by atoms with E-state index in [9.17, 15) is 4.39 Å². The second-order valence-electron chi connectivity index (χ2n) is 4.47. The molecule has 0 radical (unpaired) electrons. The predicted octanol–water partition coefficient (Wildman–Crippen LogP) is 2.58. The van der Waals surface area contributed by atoms with Crippen LogP contribution in [0.5, 0.6) is 0 Å². The van der Waals surface area contributed by atoms with Gasteiger partial charge in [-0.1, -0.05) is 6.07 Å². The fourth-order valence-electron chi connectivity index (χ4n) is 1.98. The van der Waals surface area contributed by atoms with Gasteiger partial charge in [-0.05, 0) is 35.9 Å². The molecule has 2 rings (SSSR count). The van der Waals surface area contributed by atoms with Crippen molar-refractivity contribution in [1.29, 1.82) is 0 Å². The molecule has 0 saturated heterocycles. The van der Waals surface area contributed by atoms with Gasteiger partial charge in [-0.3, -0.25) is 4.98 Å². The molecule has 2 aromatic rings. The van der Waals surface area contributed by atoms with Gasteiger partial charge >= 0.3 is 0 Å². The van der Waals surface area contributed by atoms with Crippen molar-refractivity contribution in [3.63, 3.8) is 0 Å². The Balaban J connectivity index is 1.86. The van der Waals surface area contributed by atoms with Crippen LogP contribution >= 0.6 is 11.8 Å². The predicted molar refractivity (Wildman–Crippen MR) is 82.4 cm³/mol. The fraction of sp³-hybridized carbons (Fsp3) is 0.400. The molecule has 3 nitrogen and oxygen atoms in total. The zero-order valence-corrected chi connectivity index (χ0v) is 12.1. The maximum absolute atomic E-state index is 13.6. The third-order valence-electron chi connectivity index (χ3n) is 2.99. The maximum Gasteiger partial charge on any atom is 0.132 e. The number of benzene rings is 1. The minimum Gasteiger partial charge on any atom is -0.396 e. The van der Waals surface area contributed by atoms with Gasteiger partial charge in [0.15, 0.2) is 0 Å². The lowest BCUT2D eigenvalue weighted by atomic mass is 10.1. The first-order chi connectivity index (χ1) is 9.83. The second kappa shape index (κ2) is 8.19. The number of aromatic nitrogens is 1. The number of hydrogen-bond acceptors (Lipinski definition) is 4. The number of nitrogens with zero attached hydrogens (tertiary/aromatic N) is 1. The minimum atomic E-state index is -0.226. The monoisotopic (exact) mass is 294 g/mol. The number of hydrogen-bond donors (Lipinski definition) is 2. The number of halogens is 1. The Labute approximate surface area is 122 Å². The highest BCUT2D eigenvalue weighted by molar-refractivity contribution is 7.99. The van der Waals surface area contributed by atoms with E-state index >= 15 is 0 Å². The second-order valence-corrected chi connectivity index (χ2v) is 5.70. The number of fused-ring (bicyclic) bond motifs is 1. The van der Waals surface area contributed by atoms with Crippen molar-refractivity contribution in [3.05, 3.63) is 41.8 Å². The zero-order valence-electron chi connectivity index (χ0n) is 11.3. The van der Waals surface area contributed by atoms with Crippen LogP contribution in [0.3, 0.4) is 0 Å². The van der Waals surface area contributed by atoms with E-state index in [-0.39, 0.29) is 12.4 Å². The highest BCUT2D eigenvalue weighted by atomic mass is 32.2. The Kier molecular flexibility index (Phi) is 6.24. The molecule has 1 heterocycles. The Bertz CT molecular complexity index is 550. The summed E-state index contributed by atoms with van der Waals surface area (Å²) in [5.41, 5.74) is 1.75. The number of aliphatic hydroxyl groups is 1. The molecule has 0 aliphatic carbocycles. The summed E-state index contributed by atoms with van der Waals surface area (Å²) in [6.07, 6.45) is 2.53. The van der Waals surface area contributed by atoms with Gasteiger partial charge in [-0.2, -0.15) is 11.8 Å². The molecule has 1 aromatic heterocycles. The van der Waals surface area contributed by atoms with Crippen molar-refractivity contribution in [2.75, 3.05) is 24.7 Å². The van der Waals surface area contributed by atoms with E-state index < -0.39 is 0 Å². The largest absolute Gasteiger partial charge is 0.396 e. The van der Waals surface area contributed by atoms with Crippen LogP contribution in [-0.2, 0) is 6.54 Å². The van der Waals surface area contributed by atoms with E-state index in [0.29, 0.717) is 11.9 Å². The molecule has 0 amide bonds. The SMILES string of the molecule is OCCCSCCNCc1ccc(F)c2cccnc12. The summed E-state index contributed by atoms with van der Waals surface area (Å²) < 4.78 is 13.6. The average molecular weight is 294 g/mol. The summed E-state index contributed by atoms with van der Waals surface area (Å²) in [4.78, 5) is 4.27. The van der Waals surface area contributed by atoms with Crippen molar-refractivity contribution < 1.29 is 9.50 Å². The van der Waals surface area contributed by atoms with Gasteiger partial charge < -0.3 is 10.4 Å². The number of rotatable bonds is 8. The van der Waals surface area contributed by atoms with Crippen LogP contribution < -0.4 is 5.32 Å². The summed E-state index contributed by atoms with van der Waals surface area (Å²) in [6, 6.07) is 6.79. The van der Waals surface area contributed by atoms with Crippen LogP contribution in [-0.4, -0.2) is 34.7 Å². The van der Waals surface area contributed by atoms with Gasteiger partial charge in [0.1, 0.15) is 5.82 Å². The van der Waals surface area contributed by atoms with Gasteiger partial charge in [-0.15, -0.1) is 0 Å². The van der Waals surface area contributed by atoms with Crippen molar-refractivity contribution in [2.45, 2.75) is 13.0 Å². The first kappa shape index (κ1) is 15.2. The maximum atomic E-state index is 13.6. The Morgan fingerprint density at radius 1 is 1.25 bits per heavy atom. The molecule has 0 fully saturated rings. The highest BCUT2D eigenvalue weighted by Gasteiger charge is 2.05. The van der Waals surface area contributed by atoms with E-state index in [1.807, 2.05) is 11.8 Å². The van der Waals surface area contributed by atoms with E-state index in [0.717, 1.165) is 35.6 Å². The van der Waals surface area contributed by atoms with E-state index in [1.54, 1.807) is 24.4 Å². The fourth-order valence-corrected chi connectivity index (χ4v) is 2.80. The Hall–Kier alpha value is -1.17. The summed E-state index contributed by atoms with van der Waals surface area (Å²) in [6.45, 7) is 1.84. The van der Waals surface area contributed by atoms with Gasteiger partial charge in [0.2, 0.25) is 0 Å². The van der Waals surface area contributed by atoms with Crippen LogP contribution in [0.25, 0.3) is 10.9 Å². The lowest BCUT2D eigenvalue weighted by Gasteiger charge is -2.08. The van der Waals surface area contributed by atoms with Crippen molar-refractivity contribution in [2.24, 2.45) is 0 Å². The molecule has 0 spiro atoms. The van der Waals surface area contributed by atoms with Gasteiger partial charge in [0.25, 0.3) is 0 Å². The third kappa shape index (κ3) is 4.16. The molecular formula is C15H19FN2OS. The lowest BCUT2D eigenvalue weighted by Crippen LogP contribution is -2.17. The zero-order chi connectivity index (χ0) is 14.2. The summed E-state index contributed by atoms with van der Waals surface area (Å²) in [5.74, 6) is 1.77. The number of thioether (sulfide) groups is 1. The van der Waals surface area contributed by atoms with Gasteiger partial charge in [0, 0.05) is 37.0 Å². The van der Waals surface area contributed by atoms with Crippen LogP contribution in [0.1, 0.15) is 12.0 Å². The summed E-state index contributed by atoms with van der Waals surface area (Å²) in [7, 11) is 0. The number of aliphatic hydroxyl groups excluding tert-OH is 1. The van der Waals surface area contributed by atoms with Crippen LogP contribution in [0.4, 0.5) is 4.39 Å². The van der Waals surface area contributed by atoms with Gasteiger partial charge in [0.05, 0.1) is 5.52 Å². The molecule has 108 valence electrons. The average Bonchev–Trinajstić information content (AvgIpc) is 2.49. The molecule has 0 aliphatic heterocycles. The molecule has 0 saturated carbocycles. The van der Waals surface area contributed by atoms with E-state index in [1.165, 1.54) is 6.07 Å². The Morgan fingerprint density at radius 3 is 3.00 bits per heavy atom. The topological polar surface area (TPSA) is 45.1 Å². The molecule has 2 N–H and O–H groups in total. The van der Waals surface area contributed by atoms with Crippen LogP contribution in [0.2, 0.25) is 0 Å². The van der Waals surface area contributed by atoms with Crippen molar-refractivity contribution in [3.8, 4) is 0 Å². The molecule has 0 bridgehead atoms. The molecule has 0 aliphatic rings. The van der Waals surface area contributed by atoms with Gasteiger partial charge in [-0.25, -0.2) is 4.39 Å². The van der Waals surface area contributed by atoms with Crippen LogP contribution in [0.15, 0.2) is 30.5 Å². The molecule has 20 heavy (non-hydrogen) atoms. The van der Waals surface area contributed by atoms with E-state index in [2.05, 4.69) is 10.3 Å². The van der Waals surface area contributed by atoms with Crippen molar-refractivity contribution in [1.82, 2.24) is 10.3 Å². The first-order valence-corrected chi connectivity index (χ1v) is 7.90. The molecule has 0 atom stereocenters. The van der Waals surface area contributed by atoms with E-state index in [4.69, 9.17) is 5.11 Å². The number of nitrogens with one attached hydrogen (secondary N) is 1. The molecular weight excluding hydrogens is 275 g/mol. The lowest BCUT2D eigenvalue weighted by molar-refractivity contribution is 0.296. The smallest absolute Gasteiger partial charge is 0.132 e. The summed E-state index contributed by atoms with van der Waals surface area (Å²) >= 11 is 1.82. The van der Waals surface area contributed by atoms with Crippen molar-refractivity contribution >= 4 is 22.7 Å².